The maximum Gasteiger partial charge on any atom is 0.217 e. The van der Waals surface area contributed by atoms with Crippen LogP contribution >= 0.6 is 24.0 Å². The molecule has 3 saturated carbocycles. The summed E-state index contributed by atoms with van der Waals surface area (Å²) in [6, 6.07) is 0. The second kappa shape index (κ2) is 13.7. The maximum atomic E-state index is 11.2. The van der Waals surface area contributed by atoms with Crippen LogP contribution in [0.15, 0.2) is 11.6 Å². The van der Waals surface area contributed by atoms with Crippen LogP contribution in [0.2, 0.25) is 0 Å². The van der Waals surface area contributed by atoms with Gasteiger partial charge in [0.15, 0.2) is 0 Å². The van der Waals surface area contributed by atoms with Crippen LogP contribution in [0, 0.1) is 46.3 Å². The first-order chi connectivity index (χ1) is 17.2. The summed E-state index contributed by atoms with van der Waals surface area (Å²) in [6.45, 7) is 16.0. The third-order valence-electron chi connectivity index (χ3n) is 11.7. The lowest BCUT2D eigenvalue weighted by Crippen LogP contribution is -2.50. The van der Waals surface area contributed by atoms with Crippen molar-refractivity contribution in [2.45, 2.75) is 144 Å². The summed E-state index contributed by atoms with van der Waals surface area (Å²) < 4.78 is 0. The lowest BCUT2D eigenvalue weighted by Gasteiger charge is -2.58. The SMILES string of the molecule is CC(CCC[C@@H](C)[C@H]1CC[C@H]2[C@@H]3CC=C4C[C@@H](O)CC[C@]4(C)[C@H]3CC[C@]12C)CC(N)=O.CCC(C)(C)N.I. The standard InChI is InChI=1S/C28H47NO2.C5H13N.HI/c1-18(16-26(29)31)6-5-7-19(2)23-10-11-24-22-9-8-20-17-21(30)12-14-27(20,3)25(22)13-15-28(23,24)4;1-4-5(2,3)6;/h8,18-19,21-25,30H,5-7,9-17H2,1-4H3,(H2,29,31);4,6H2,1-3H3;1H/t18?,19-,21+,22+,23-,24+,25+,27+,28-;;/m1../s1. The number of hydrogen-bond acceptors (Lipinski definition) is 3. The lowest BCUT2D eigenvalue weighted by atomic mass is 9.47. The summed E-state index contributed by atoms with van der Waals surface area (Å²) in [5, 5.41) is 10.2. The van der Waals surface area contributed by atoms with Crippen molar-refractivity contribution in [2.75, 3.05) is 0 Å². The molecule has 4 aliphatic carbocycles. The van der Waals surface area contributed by atoms with Crippen molar-refractivity contribution in [1.29, 1.82) is 0 Å². The Morgan fingerprint density at radius 2 is 1.76 bits per heavy atom. The van der Waals surface area contributed by atoms with Gasteiger partial charge < -0.3 is 16.6 Å². The van der Waals surface area contributed by atoms with Gasteiger partial charge in [-0.25, -0.2) is 0 Å². The minimum absolute atomic E-state index is 0. The molecule has 4 nitrogen and oxygen atoms in total. The van der Waals surface area contributed by atoms with Crippen LogP contribution in [-0.4, -0.2) is 22.7 Å². The van der Waals surface area contributed by atoms with E-state index in [0.29, 0.717) is 23.2 Å². The largest absolute Gasteiger partial charge is 0.393 e. The Kier molecular flexibility index (Phi) is 12.3. The molecule has 1 amide bonds. The average Bonchev–Trinajstić information content (AvgIpc) is 3.16. The lowest BCUT2D eigenvalue weighted by molar-refractivity contribution is -0.118. The number of allylic oxidation sites excluding steroid dienone is 1. The molecule has 1 unspecified atom stereocenters. The Hall–Kier alpha value is -0.140. The molecule has 0 aromatic carbocycles. The molecule has 5 N–H and O–H groups in total. The molecule has 0 aromatic rings. The molecule has 0 radical (unpaired) electrons. The monoisotopic (exact) mass is 644 g/mol. The fraction of sp³-hybridized carbons (Fsp3) is 0.909. The van der Waals surface area contributed by atoms with E-state index in [-0.39, 0.29) is 41.5 Å². The van der Waals surface area contributed by atoms with Gasteiger partial charge in [-0.2, -0.15) is 0 Å². The highest BCUT2D eigenvalue weighted by Crippen LogP contribution is 2.67. The Labute approximate surface area is 251 Å². The van der Waals surface area contributed by atoms with E-state index in [1.165, 1.54) is 51.4 Å². The van der Waals surface area contributed by atoms with Crippen molar-refractivity contribution in [1.82, 2.24) is 0 Å². The van der Waals surface area contributed by atoms with Gasteiger partial charge in [0.1, 0.15) is 0 Å². The third kappa shape index (κ3) is 7.78. The Bertz CT molecular complexity index is 807. The molecule has 38 heavy (non-hydrogen) atoms. The number of nitrogens with two attached hydrogens (primary N) is 2. The van der Waals surface area contributed by atoms with Crippen molar-refractivity contribution >= 4 is 29.9 Å². The molecule has 0 bridgehead atoms. The van der Waals surface area contributed by atoms with Crippen molar-refractivity contribution in [2.24, 2.45) is 57.8 Å². The van der Waals surface area contributed by atoms with Gasteiger partial charge in [-0.05, 0) is 118 Å². The molecule has 222 valence electrons. The summed E-state index contributed by atoms with van der Waals surface area (Å²) in [6.07, 6.45) is 17.7. The summed E-state index contributed by atoms with van der Waals surface area (Å²) in [5.41, 5.74) is 13.4. The molecule has 0 aliphatic heterocycles. The zero-order chi connectivity index (χ0) is 27.6. The van der Waals surface area contributed by atoms with Crippen LogP contribution in [0.1, 0.15) is 132 Å². The molecule has 9 atom stereocenters. The smallest absolute Gasteiger partial charge is 0.217 e. The van der Waals surface area contributed by atoms with Crippen LogP contribution < -0.4 is 11.5 Å². The number of halogens is 1. The number of rotatable bonds is 8. The third-order valence-corrected chi connectivity index (χ3v) is 11.7. The van der Waals surface area contributed by atoms with E-state index in [9.17, 15) is 9.90 Å². The minimum Gasteiger partial charge on any atom is -0.393 e. The number of primary amides is 1. The molecule has 4 rings (SSSR count). The highest BCUT2D eigenvalue weighted by molar-refractivity contribution is 14.0. The summed E-state index contributed by atoms with van der Waals surface area (Å²) >= 11 is 0. The predicted molar refractivity (Wildman–Crippen MR) is 171 cm³/mol. The molecule has 3 fully saturated rings. The summed E-state index contributed by atoms with van der Waals surface area (Å²) in [7, 11) is 0. The number of hydrogen-bond donors (Lipinski definition) is 3. The van der Waals surface area contributed by atoms with Gasteiger partial charge in [0.2, 0.25) is 5.91 Å². The number of carbonyl (C=O) groups is 1. The fourth-order valence-corrected chi connectivity index (χ4v) is 9.05. The van der Waals surface area contributed by atoms with Gasteiger partial charge in [0.05, 0.1) is 6.10 Å². The molecule has 5 heteroatoms. The van der Waals surface area contributed by atoms with Gasteiger partial charge in [0, 0.05) is 12.0 Å². The van der Waals surface area contributed by atoms with Crippen LogP contribution in [0.5, 0.6) is 0 Å². The minimum atomic E-state index is -0.158. The number of carbonyl (C=O) groups excluding carboxylic acids is 1. The van der Waals surface area contributed by atoms with Crippen molar-refractivity contribution < 1.29 is 9.90 Å². The predicted octanol–water partition coefficient (Wildman–Crippen LogP) is 8.00. The molecule has 0 spiro atoms. The number of fused-ring (bicyclic) bond motifs is 5. The van der Waals surface area contributed by atoms with Crippen LogP contribution in [0.4, 0.5) is 0 Å². The number of aliphatic hydroxyl groups is 1. The Morgan fingerprint density at radius 1 is 1.11 bits per heavy atom. The van der Waals surface area contributed by atoms with Gasteiger partial charge in [-0.3, -0.25) is 4.79 Å². The molecule has 0 saturated heterocycles. The first kappa shape index (κ1) is 34.1. The van der Waals surface area contributed by atoms with Crippen LogP contribution in [0.3, 0.4) is 0 Å². The number of amides is 1. The van der Waals surface area contributed by atoms with Gasteiger partial charge in [-0.1, -0.05) is 65.5 Å². The van der Waals surface area contributed by atoms with E-state index < -0.39 is 0 Å². The van der Waals surface area contributed by atoms with E-state index >= 15 is 0 Å². The Morgan fingerprint density at radius 3 is 2.37 bits per heavy atom. The molecular formula is C33H61IN2O2. The molecule has 4 aliphatic rings. The molecular weight excluding hydrogens is 583 g/mol. The van der Waals surface area contributed by atoms with Gasteiger partial charge in [0.25, 0.3) is 0 Å². The second-order valence-corrected chi connectivity index (χ2v) is 14.9. The second-order valence-electron chi connectivity index (χ2n) is 14.9. The quantitative estimate of drug-likeness (QED) is 0.185. The topological polar surface area (TPSA) is 89.3 Å². The molecule has 0 heterocycles. The van der Waals surface area contributed by atoms with E-state index in [0.717, 1.165) is 55.3 Å². The normalized spacial score (nSPS) is 37.7. The van der Waals surface area contributed by atoms with E-state index in [2.05, 4.69) is 40.7 Å². The van der Waals surface area contributed by atoms with Crippen molar-refractivity contribution in [3.63, 3.8) is 0 Å². The first-order valence-corrected chi connectivity index (χ1v) is 15.7. The zero-order valence-corrected chi connectivity index (χ0v) is 28.1. The highest BCUT2D eigenvalue weighted by atomic mass is 127. The number of aliphatic hydroxyl groups excluding tert-OH is 1. The van der Waals surface area contributed by atoms with Gasteiger partial charge >= 0.3 is 0 Å². The Balaban J connectivity index is 0.000000652. The van der Waals surface area contributed by atoms with Gasteiger partial charge in [-0.15, -0.1) is 24.0 Å². The van der Waals surface area contributed by atoms with E-state index in [4.69, 9.17) is 11.5 Å². The zero-order valence-electron chi connectivity index (χ0n) is 25.7. The van der Waals surface area contributed by atoms with Crippen molar-refractivity contribution in [3.8, 4) is 0 Å². The fourth-order valence-electron chi connectivity index (χ4n) is 9.05. The summed E-state index contributed by atoms with van der Waals surface area (Å²) in [5.74, 6) is 4.48. The molecule has 0 aromatic heterocycles. The van der Waals surface area contributed by atoms with Crippen LogP contribution in [-0.2, 0) is 4.79 Å². The van der Waals surface area contributed by atoms with Crippen LogP contribution in [0.25, 0.3) is 0 Å². The average molecular weight is 645 g/mol. The highest BCUT2D eigenvalue weighted by Gasteiger charge is 2.59. The van der Waals surface area contributed by atoms with E-state index in [1.807, 2.05) is 13.8 Å². The van der Waals surface area contributed by atoms with E-state index in [1.54, 1.807) is 5.57 Å². The summed E-state index contributed by atoms with van der Waals surface area (Å²) in [4.78, 5) is 11.2. The first-order valence-electron chi connectivity index (χ1n) is 15.7. The maximum absolute atomic E-state index is 11.2. The van der Waals surface area contributed by atoms with Crippen molar-refractivity contribution in [3.05, 3.63) is 11.6 Å².